The molecular formula is C19H15F2N7O2. The molecule has 0 aromatic carbocycles. The highest BCUT2D eigenvalue weighted by Gasteiger charge is 2.48. The minimum atomic E-state index is -2.69. The molecule has 9 nitrogen and oxygen atoms in total. The van der Waals surface area contributed by atoms with E-state index in [4.69, 9.17) is 4.52 Å². The molecule has 4 heterocycles. The summed E-state index contributed by atoms with van der Waals surface area (Å²) in [6.45, 7) is 1.74. The van der Waals surface area contributed by atoms with E-state index in [1.54, 1.807) is 29.7 Å². The maximum atomic E-state index is 13.1. The monoisotopic (exact) mass is 411 g/mol. The fraction of sp³-hybridized carbons (Fsp3) is 0.263. The van der Waals surface area contributed by atoms with Crippen molar-refractivity contribution in [3.63, 3.8) is 0 Å². The number of alkyl halides is 2. The zero-order chi connectivity index (χ0) is 20.9. The molecule has 1 aliphatic carbocycles. The second kappa shape index (κ2) is 6.65. The number of hydrogen-bond acceptors (Lipinski definition) is 7. The number of amides is 1. The number of hydrogen-bond donors (Lipinski definition) is 1. The second-order valence-electron chi connectivity index (χ2n) is 7.17. The summed E-state index contributed by atoms with van der Waals surface area (Å²) in [5, 5.41) is 6.54. The Labute approximate surface area is 168 Å². The second-order valence-corrected chi connectivity index (χ2v) is 7.17. The number of fused-ring (bicyclic) bond motifs is 1. The van der Waals surface area contributed by atoms with Gasteiger partial charge >= 0.3 is 0 Å². The van der Waals surface area contributed by atoms with Gasteiger partial charge in [-0.1, -0.05) is 11.2 Å². The number of carbonyl (C=O) groups excluding carboxylic acids is 1. The molecule has 0 radical (unpaired) electrons. The van der Waals surface area contributed by atoms with E-state index in [9.17, 15) is 13.6 Å². The fourth-order valence-corrected chi connectivity index (χ4v) is 3.28. The number of nitrogens with zero attached hydrogens (tertiary/aromatic N) is 6. The average Bonchev–Trinajstić information content (AvgIpc) is 3.35. The van der Waals surface area contributed by atoms with Crippen molar-refractivity contribution in [3.05, 3.63) is 53.9 Å². The van der Waals surface area contributed by atoms with Crippen LogP contribution in [0.4, 0.5) is 14.6 Å². The van der Waals surface area contributed by atoms with Gasteiger partial charge in [0.05, 0.1) is 6.20 Å². The molecule has 0 bridgehead atoms. The van der Waals surface area contributed by atoms with Gasteiger partial charge in [0, 0.05) is 36.7 Å². The standard InChI is InChI=1S/C19H15F2N7O2/c1-10-8-23-15(16-26-18(30-27-16)11-6-19(20,21)7-11)24-14(10)25-17(29)12-9-22-13-4-2-3-5-28(12)13/h2-5,8-9,11H,6-7H2,1H3,(H,23,24,25,29). The molecule has 11 heteroatoms. The molecule has 1 saturated carbocycles. The largest absolute Gasteiger partial charge is 0.339 e. The number of rotatable bonds is 4. The zero-order valence-corrected chi connectivity index (χ0v) is 15.7. The number of aromatic nitrogens is 6. The fourth-order valence-electron chi connectivity index (χ4n) is 3.28. The maximum Gasteiger partial charge on any atom is 0.275 e. The maximum absolute atomic E-state index is 13.1. The van der Waals surface area contributed by atoms with Gasteiger partial charge in [-0.25, -0.2) is 23.7 Å². The van der Waals surface area contributed by atoms with Crippen molar-refractivity contribution in [1.82, 2.24) is 29.5 Å². The van der Waals surface area contributed by atoms with Gasteiger partial charge in [0.15, 0.2) is 0 Å². The van der Waals surface area contributed by atoms with Crippen molar-refractivity contribution in [2.75, 3.05) is 5.32 Å². The Kier molecular flexibility index (Phi) is 4.05. The van der Waals surface area contributed by atoms with Gasteiger partial charge in [-0.2, -0.15) is 4.98 Å². The number of nitrogens with one attached hydrogen (secondary N) is 1. The van der Waals surface area contributed by atoms with Gasteiger partial charge in [0.1, 0.15) is 17.2 Å². The number of imidazole rings is 1. The van der Waals surface area contributed by atoms with Crippen molar-refractivity contribution in [1.29, 1.82) is 0 Å². The first kappa shape index (κ1) is 18.3. The van der Waals surface area contributed by atoms with E-state index >= 15 is 0 Å². The third-order valence-electron chi connectivity index (χ3n) is 4.93. The SMILES string of the molecule is Cc1cnc(-c2noc(C3CC(F)(F)C3)n2)nc1NC(=O)c1cnc2ccccn12. The van der Waals surface area contributed by atoms with Crippen molar-refractivity contribution in [2.45, 2.75) is 31.6 Å². The van der Waals surface area contributed by atoms with Crippen LogP contribution in [0.1, 0.15) is 40.7 Å². The van der Waals surface area contributed by atoms with Crippen LogP contribution in [0.2, 0.25) is 0 Å². The van der Waals surface area contributed by atoms with E-state index < -0.39 is 17.7 Å². The first-order valence-electron chi connectivity index (χ1n) is 9.18. The molecule has 1 aliphatic rings. The molecule has 0 saturated heterocycles. The molecule has 152 valence electrons. The molecule has 0 unspecified atom stereocenters. The van der Waals surface area contributed by atoms with Crippen LogP contribution < -0.4 is 5.32 Å². The number of carbonyl (C=O) groups is 1. The summed E-state index contributed by atoms with van der Waals surface area (Å²) in [4.78, 5) is 29.6. The average molecular weight is 411 g/mol. The highest BCUT2D eigenvalue weighted by atomic mass is 19.3. The van der Waals surface area contributed by atoms with E-state index in [-0.39, 0.29) is 36.2 Å². The quantitative estimate of drug-likeness (QED) is 0.549. The van der Waals surface area contributed by atoms with E-state index in [0.29, 0.717) is 16.9 Å². The normalized spacial score (nSPS) is 15.8. The summed E-state index contributed by atoms with van der Waals surface area (Å²) in [5.74, 6) is -2.95. The number of anilines is 1. The molecule has 30 heavy (non-hydrogen) atoms. The van der Waals surface area contributed by atoms with Gasteiger partial charge in [0.25, 0.3) is 5.91 Å². The predicted molar refractivity (Wildman–Crippen MR) is 100 cm³/mol. The van der Waals surface area contributed by atoms with Crippen LogP contribution in [0, 0.1) is 6.92 Å². The van der Waals surface area contributed by atoms with Crippen molar-refractivity contribution in [2.24, 2.45) is 0 Å². The first-order valence-corrected chi connectivity index (χ1v) is 9.18. The lowest BCUT2D eigenvalue weighted by Gasteiger charge is -2.31. The first-order chi connectivity index (χ1) is 14.4. The third kappa shape index (κ3) is 3.17. The van der Waals surface area contributed by atoms with Crippen LogP contribution in [-0.4, -0.2) is 41.3 Å². The predicted octanol–water partition coefficient (Wildman–Crippen LogP) is 3.25. The van der Waals surface area contributed by atoms with E-state index in [1.807, 2.05) is 6.07 Å². The van der Waals surface area contributed by atoms with E-state index in [2.05, 4.69) is 30.4 Å². The lowest BCUT2D eigenvalue weighted by molar-refractivity contribution is -0.0925. The Morgan fingerprint density at radius 1 is 1.20 bits per heavy atom. The Morgan fingerprint density at radius 3 is 2.83 bits per heavy atom. The summed E-state index contributed by atoms with van der Waals surface area (Å²) in [6, 6.07) is 5.41. The van der Waals surface area contributed by atoms with Crippen LogP contribution in [0.25, 0.3) is 17.3 Å². The topological polar surface area (TPSA) is 111 Å². The Balaban J connectivity index is 1.39. The minimum absolute atomic E-state index is 0.0746. The number of aryl methyl sites for hydroxylation is 1. The highest BCUT2D eigenvalue weighted by molar-refractivity contribution is 6.03. The minimum Gasteiger partial charge on any atom is -0.339 e. The van der Waals surface area contributed by atoms with Gasteiger partial charge in [-0.05, 0) is 19.1 Å². The summed E-state index contributed by atoms with van der Waals surface area (Å²) < 4.78 is 32.9. The van der Waals surface area contributed by atoms with Gasteiger partial charge < -0.3 is 9.84 Å². The molecule has 4 aromatic rings. The van der Waals surface area contributed by atoms with Crippen molar-refractivity contribution >= 4 is 17.4 Å². The van der Waals surface area contributed by atoms with Crippen molar-refractivity contribution < 1.29 is 18.1 Å². The molecule has 0 spiro atoms. The summed E-state index contributed by atoms with van der Waals surface area (Å²) in [6.07, 6.45) is 4.09. The smallest absolute Gasteiger partial charge is 0.275 e. The molecule has 0 aliphatic heterocycles. The number of pyridine rings is 1. The molecule has 0 atom stereocenters. The number of halogens is 2. The zero-order valence-electron chi connectivity index (χ0n) is 15.7. The molecule has 1 amide bonds. The van der Waals surface area contributed by atoms with Crippen LogP contribution >= 0.6 is 0 Å². The molecule has 1 N–H and O–H groups in total. The third-order valence-corrected chi connectivity index (χ3v) is 4.93. The lowest BCUT2D eigenvalue weighted by atomic mass is 9.81. The van der Waals surface area contributed by atoms with Gasteiger partial charge in [-0.15, -0.1) is 0 Å². The summed E-state index contributed by atoms with van der Waals surface area (Å²) in [5.41, 5.74) is 1.62. The highest BCUT2D eigenvalue weighted by Crippen LogP contribution is 2.47. The molecule has 4 aromatic heterocycles. The van der Waals surface area contributed by atoms with Crippen molar-refractivity contribution in [3.8, 4) is 11.6 Å². The van der Waals surface area contributed by atoms with E-state index in [1.165, 1.54) is 12.4 Å². The Hall–Kier alpha value is -3.76. The molecule has 1 fully saturated rings. The summed E-state index contributed by atoms with van der Waals surface area (Å²) in [7, 11) is 0. The van der Waals surface area contributed by atoms with Gasteiger partial charge in [0.2, 0.25) is 23.5 Å². The molecular weight excluding hydrogens is 396 g/mol. The lowest BCUT2D eigenvalue weighted by Crippen LogP contribution is -2.33. The van der Waals surface area contributed by atoms with Crippen LogP contribution in [-0.2, 0) is 0 Å². The van der Waals surface area contributed by atoms with Gasteiger partial charge in [-0.3, -0.25) is 9.20 Å². The van der Waals surface area contributed by atoms with Crippen LogP contribution in [0.15, 0.2) is 41.3 Å². The van der Waals surface area contributed by atoms with Crippen LogP contribution in [0.5, 0.6) is 0 Å². The van der Waals surface area contributed by atoms with Crippen LogP contribution in [0.3, 0.4) is 0 Å². The summed E-state index contributed by atoms with van der Waals surface area (Å²) >= 11 is 0. The Morgan fingerprint density at radius 2 is 2.03 bits per heavy atom. The molecule has 5 rings (SSSR count). The van der Waals surface area contributed by atoms with E-state index in [0.717, 1.165) is 0 Å². The Bertz CT molecular complexity index is 1260.